The molecule has 1 aliphatic heterocycles. The van der Waals surface area contributed by atoms with Gasteiger partial charge in [0.25, 0.3) is 11.8 Å². The summed E-state index contributed by atoms with van der Waals surface area (Å²) < 4.78 is 1.13. The molecule has 0 bridgehead atoms. The van der Waals surface area contributed by atoms with Crippen LogP contribution in [-0.2, 0) is 11.2 Å². The van der Waals surface area contributed by atoms with Gasteiger partial charge in [-0.15, -0.1) is 11.3 Å². The van der Waals surface area contributed by atoms with Gasteiger partial charge < -0.3 is 5.32 Å². The smallest absolute Gasteiger partial charge is 0.261 e. The van der Waals surface area contributed by atoms with Crippen LogP contribution in [0.4, 0.5) is 0 Å². The maximum atomic E-state index is 12.4. The molecule has 1 N–H and O–H groups in total. The van der Waals surface area contributed by atoms with Crippen molar-refractivity contribution in [2.45, 2.75) is 19.8 Å². The van der Waals surface area contributed by atoms with E-state index >= 15 is 0 Å². The van der Waals surface area contributed by atoms with Crippen molar-refractivity contribution in [3.05, 3.63) is 64.2 Å². The largest absolute Gasteiger partial charge is 0.356 e. The molecule has 0 aliphatic carbocycles. The first-order valence-electron chi connectivity index (χ1n) is 9.11. The van der Waals surface area contributed by atoms with Crippen LogP contribution in [0.25, 0.3) is 10.2 Å². The normalized spacial score (nSPS) is 13.2. The van der Waals surface area contributed by atoms with Gasteiger partial charge in [0.05, 0.1) is 26.4 Å². The fourth-order valence-corrected chi connectivity index (χ4v) is 4.21. The average Bonchev–Trinajstić information content (AvgIpc) is 3.19. The molecule has 0 unspecified atom stereocenters. The molecular formula is C21H19N3O3S. The number of benzene rings is 2. The Balaban J connectivity index is 1.28. The second-order valence-corrected chi connectivity index (χ2v) is 7.85. The summed E-state index contributed by atoms with van der Waals surface area (Å²) in [6.45, 7) is 2.43. The molecule has 3 amide bonds. The zero-order valence-electron chi connectivity index (χ0n) is 15.4. The molecule has 0 radical (unpaired) electrons. The Hall–Kier alpha value is -3.06. The lowest BCUT2D eigenvalue weighted by Crippen LogP contribution is -2.35. The van der Waals surface area contributed by atoms with Crippen molar-refractivity contribution in [3.63, 3.8) is 0 Å². The highest BCUT2D eigenvalue weighted by Crippen LogP contribution is 2.24. The van der Waals surface area contributed by atoms with Crippen molar-refractivity contribution >= 4 is 39.3 Å². The number of imide groups is 1. The van der Waals surface area contributed by atoms with E-state index in [9.17, 15) is 14.4 Å². The van der Waals surface area contributed by atoms with Gasteiger partial charge in [-0.3, -0.25) is 19.3 Å². The van der Waals surface area contributed by atoms with Crippen LogP contribution in [-0.4, -0.2) is 40.7 Å². The number of amides is 3. The number of carbonyl (C=O) groups excluding carboxylic acids is 3. The van der Waals surface area contributed by atoms with Crippen molar-refractivity contribution < 1.29 is 14.4 Å². The van der Waals surface area contributed by atoms with Crippen molar-refractivity contribution in [1.29, 1.82) is 0 Å². The van der Waals surface area contributed by atoms with E-state index in [0.29, 0.717) is 24.1 Å². The third kappa shape index (κ3) is 3.53. The number of rotatable bonds is 6. The van der Waals surface area contributed by atoms with Gasteiger partial charge in [-0.25, -0.2) is 4.98 Å². The van der Waals surface area contributed by atoms with E-state index in [2.05, 4.69) is 10.3 Å². The number of hydrogen-bond donors (Lipinski definition) is 1. The predicted octanol–water partition coefficient (Wildman–Crippen LogP) is 2.95. The lowest BCUT2D eigenvalue weighted by molar-refractivity contribution is -0.121. The zero-order valence-corrected chi connectivity index (χ0v) is 16.2. The number of thiazole rings is 1. The van der Waals surface area contributed by atoms with Crippen LogP contribution in [0.1, 0.15) is 37.7 Å². The summed E-state index contributed by atoms with van der Waals surface area (Å²) >= 11 is 1.62. The number of nitrogens with one attached hydrogen (secondary N) is 1. The Kier molecular flexibility index (Phi) is 4.92. The van der Waals surface area contributed by atoms with E-state index in [1.807, 2.05) is 37.3 Å². The maximum Gasteiger partial charge on any atom is 0.261 e. The van der Waals surface area contributed by atoms with Crippen molar-refractivity contribution in [2.24, 2.45) is 0 Å². The summed E-state index contributed by atoms with van der Waals surface area (Å²) in [5.74, 6) is -0.845. The zero-order chi connectivity index (χ0) is 19.7. The average molecular weight is 393 g/mol. The summed E-state index contributed by atoms with van der Waals surface area (Å²) in [5, 5.41) is 3.81. The van der Waals surface area contributed by atoms with Gasteiger partial charge in [-0.1, -0.05) is 23.8 Å². The Morgan fingerprint density at radius 3 is 2.71 bits per heavy atom. The maximum absolute atomic E-state index is 12.4. The Bertz CT molecular complexity index is 1060. The monoisotopic (exact) mass is 393 g/mol. The highest BCUT2D eigenvalue weighted by atomic mass is 32.1. The molecule has 4 rings (SSSR count). The van der Waals surface area contributed by atoms with Crippen LogP contribution in [0, 0.1) is 6.92 Å². The molecule has 1 aromatic heterocycles. The van der Waals surface area contributed by atoms with Gasteiger partial charge in [0.1, 0.15) is 0 Å². The van der Waals surface area contributed by atoms with Crippen molar-refractivity contribution in [1.82, 2.24) is 15.2 Å². The van der Waals surface area contributed by atoms with E-state index < -0.39 is 0 Å². The molecule has 28 heavy (non-hydrogen) atoms. The van der Waals surface area contributed by atoms with E-state index in [4.69, 9.17) is 0 Å². The second kappa shape index (κ2) is 7.52. The number of nitrogens with zero attached hydrogens (tertiary/aromatic N) is 2. The number of hydrogen-bond acceptors (Lipinski definition) is 5. The predicted molar refractivity (Wildman–Crippen MR) is 107 cm³/mol. The Morgan fingerprint density at radius 2 is 1.89 bits per heavy atom. The molecular weight excluding hydrogens is 374 g/mol. The SMILES string of the molecule is Cc1ccc2c(c1)C(=O)N(CCC(=O)NCCc1nc3ccccc3s1)C2=O. The van der Waals surface area contributed by atoms with Crippen LogP contribution in [0.3, 0.4) is 0 Å². The third-order valence-corrected chi connectivity index (χ3v) is 5.78. The van der Waals surface area contributed by atoms with Crippen molar-refractivity contribution in [2.75, 3.05) is 13.1 Å². The molecule has 2 heterocycles. The third-order valence-electron chi connectivity index (χ3n) is 4.69. The Labute approximate surface area is 166 Å². The molecule has 0 atom stereocenters. The summed E-state index contributed by atoms with van der Waals surface area (Å²) in [7, 11) is 0. The summed E-state index contributed by atoms with van der Waals surface area (Å²) in [6.07, 6.45) is 0.738. The molecule has 0 fully saturated rings. The van der Waals surface area contributed by atoms with E-state index in [1.165, 1.54) is 0 Å². The topological polar surface area (TPSA) is 79.4 Å². The van der Waals surface area contributed by atoms with Crippen LogP contribution < -0.4 is 5.32 Å². The van der Waals surface area contributed by atoms with E-state index in [1.54, 1.807) is 23.5 Å². The number of carbonyl (C=O) groups is 3. The molecule has 3 aromatic rings. The standard InChI is InChI=1S/C21H19N3O3S/c1-13-6-7-14-15(12-13)21(27)24(20(14)26)11-9-18(25)22-10-8-19-23-16-4-2-3-5-17(16)28-19/h2-7,12H,8-11H2,1H3,(H,22,25). The minimum absolute atomic E-state index is 0.0817. The number of aromatic nitrogens is 1. The molecule has 0 saturated heterocycles. The summed E-state index contributed by atoms with van der Waals surface area (Å²) in [4.78, 5) is 42.6. The minimum Gasteiger partial charge on any atom is -0.356 e. The van der Waals surface area contributed by atoms with Crippen LogP contribution in [0.2, 0.25) is 0 Å². The quantitative estimate of drug-likeness (QED) is 0.653. The Morgan fingerprint density at radius 1 is 1.11 bits per heavy atom. The highest BCUT2D eigenvalue weighted by molar-refractivity contribution is 7.18. The first kappa shape index (κ1) is 18.3. The second-order valence-electron chi connectivity index (χ2n) is 6.74. The fourth-order valence-electron chi connectivity index (χ4n) is 3.25. The lowest BCUT2D eigenvalue weighted by Gasteiger charge is -2.13. The van der Waals surface area contributed by atoms with Gasteiger partial charge in [-0.2, -0.15) is 0 Å². The molecule has 0 saturated carbocycles. The molecule has 0 spiro atoms. The first-order chi connectivity index (χ1) is 13.5. The van der Waals surface area contributed by atoms with Crippen molar-refractivity contribution in [3.8, 4) is 0 Å². The van der Waals surface area contributed by atoms with Gasteiger partial charge in [0.15, 0.2) is 0 Å². The van der Waals surface area contributed by atoms with E-state index in [0.717, 1.165) is 25.7 Å². The van der Waals surface area contributed by atoms with Crippen LogP contribution in [0.5, 0.6) is 0 Å². The molecule has 7 heteroatoms. The molecule has 1 aliphatic rings. The first-order valence-corrected chi connectivity index (χ1v) is 9.92. The van der Waals surface area contributed by atoms with Crippen LogP contribution >= 0.6 is 11.3 Å². The lowest BCUT2D eigenvalue weighted by atomic mass is 10.1. The minimum atomic E-state index is -0.331. The summed E-state index contributed by atoms with van der Waals surface area (Å²) in [6, 6.07) is 13.1. The van der Waals surface area contributed by atoms with Gasteiger partial charge in [-0.05, 0) is 31.2 Å². The number of para-hydroxylation sites is 1. The van der Waals surface area contributed by atoms with Crippen LogP contribution in [0.15, 0.2) is 42.5 Å². The number of fused-ring (bicyclic) bond motifs is 2. The van der Waals surface area contributed by atoms with Gasteiger partial charge >= 0.3 is 0 Å². The number of aryl methyl sites for hydroxylation is 1. The van der Waals surface area contributed by atoms with Gasteiger partial charge in [0.2, 0.25) is 5.91 Å². The fraction of sp³-hybridized carbons (Fsp3) is 0.238. The van der Waals surface area contributed by atoms with Gasteiger partial charge in [0, 0.05) is 25.9 Å². The molecule has 6 nitrogen and oxygen atoms in total. The summed E-state index contributed by atoms with van der Waals surface area (Å²) in [5.41, 5.74) is 2.72. The molecule has 142 valence electrons. The van der Waals surface area contributed by atoms with E-state index in [-0.39, 0.29) is 30.7 Å². The molecule has 2 aromatic carbocycles. The highest BCUT2D eigenvalue weighted by Gasteiger charge is 2.35.